The summed E-state index contributed by atoms with van der Waals surface area (Å²) in [6, 6.07) is 5.28. The Morgan fingerprint density at radius 3 is 3.05 bits per heavy atom. The van der Waals surface area contributed by atoms with Crippen molar-refractivity contribution in [1.29, 1.82) is 0 Å². The molecule has 20 heavy (non-hydrogen) atoms. The Kier molecular flexibility index (Phi) is 5.49. The van der Waals surface area contributed by atoms with Crippen LogP contribution in [0.1, 0.15) is 16.8 Å². The smallest absolute Gasteiger partial charge is 0.255 e. The number of nitrogens with one attached hydrogen (secondary N) is 1. The van der Waals surface area contributed by atoms with Crippen molar-refractivity contribution < 1.29 is 19.0 Å². The van der Waals surface area contributed by atoms with E-state index in [9.17, 15) is 4.79 Å². The van der Waals surface area contributed by atoms with E-state index < -0.39 is 0 Å². The lowest BCUT2D eigenvalue weighted by Crippen LogP contribution is -2.28. The molecule has 1 amide bonds. The van der Waals surface area contributed by atoms with Gasteiger partial charge in [0.15, 0.2) is 11.5 Å². The maximum atomic E-state index is 12.1. The summed E-state index contributed by atoms with van der Waals surface area (Å²) in [4.78, 5) is 12.1. The fourth-order valence-electron chi connectivity index (χ4n) is 1.95. The van der Waals surface area contributed by atoms with Crippen LogP contribution in [-0.2, 0) is 4.74 Å². The molecule has 110 valence electrons. The third-order valence-corrected chi connectivity index (χ3v) is 3.25. The van der Waals surface area contributed by atoms with Gasteiger partial charge in [-0.1, -0.05) is 6.07 Å². The zero-order chi connectivity index (χ0) is 14.4. The van der Waals surface area contributed by atoms with Crippen LogP contribution in [0.4, 0.5) is 0 Å². The summed E-state index contributed by atoms with van der Waals surface area (Å²) in [6.45, 7) is 1.91. The standard InChI is InChI=1S/C14H18ClNO4/c1-18-9-10(15)5-6-16-14(17)11-3-2-4-12-13(11)20-8-7-19-12/h2-4,10H,5-9H2,1H3,(H,16,17). The lowest BCUT2D eigenvalue weighted by Gasteiger charge is -2.20. The SMILES string of the molecule is COCC(Cl)CCNC(=O)c1cccc2c1OCCO2. The predicted octanol–water partition coefficient (Wildman–Crippen LogP) is 1.83. The number of rotatable bonds is 6. The van der Waals surface area contributed by atoms with E-state index in [4.69, 9.17) is 25.8 Å². The van der Waals surface area contributed by atoms with E-state index in [0.717, 1.165) is 0 Å². The molecule has 6 heteroatoms. The number of benzene rings is 1. The maximum Gasteiger partial charge on any atom is 0.255 e. The molecule has 1 aromatic rings. The first-order valence-electron chi connectivity index (χ1n) is 6.52. The van der Waals surface area contributed by atoms with Crippen LogP contribution in [0.25, 0.3) is 0 Å². The van der Waals surface area contributed by atoms with Crippen LogP contribution in [0, 0.1) is 0 Å². The Morgan fingerprint density at radius 1 is 1.45 bits per heavy atom. The van der Waals surface area contributed by atoms with Crippen molar-refractivity contribution in [2.24, 2.45) is 0 Å². The normalized spacial score (nSPS) is 14.7. The second-order valence-corrected chi connectivity index (χ2v) is 5.04. The van der Waals surface area contributed by atoms with Gasteiger partial charge in [0.25, 0.3) is 5.91 Å². The molecule has 1 aromatic carbocycles. The monoisotopic (exact) mass is 299 g/mol. The van der Waals surface area contributed by atoms with Crippen LogP contribution < -0.4 is 14.8 Å². The molecule has 0 radical (unpaired) electrons. The van der Waals surface area contributed by atoms with E-state index in [0.29, 0.717) is 49.8 Å². The second kappa shape index (κ2) is 7.36. The fraction of sp³-hybridized carbons (Fsp3) is 0.500. The molecule has 0 fully saturated rings. The van der Waals surface area contributed by atoms with Gasteiger partial charge in [0.2, 0.25) is 0 Å². The Morgan fingerprint density at radius 2 is 2.25 bits per heavy atom. The molecule has 0 aromatic heterocycles. The Hall–Kier alpha value is -1.46. The zero-order valence-corrected chi connectivity index (χ0v) is 12.1. The van der Waals surface area contributed by atoms with Gasteiger partial charge in [0.05, 0.1) is 17.5 Å². The summed E-state index contributed by atoms with van der Waals surface area (Å²) in [6.07, 6.45) is 0.646. The van der Waals surface area contributed by atoms with E-state index in [1.807, 2.05) is 0 Å². The van der Waals surface area contributed by atoms with Crippen LogP contribution >= 0.6 is 11.6 Å². The minimum absolute atomic E-state index is 0.107. The van der Waals surface area contributed by atoms with Crippen molar-refractivity contribution in [1.82, 2.24) is 5.32 Å². The number of hydrogen-bond donors (Lipinski definition) is 1. The number of para-hydroxylation sites is 1. The van der Waals surface area contributed by atoms with Crippen molar-refractivity contribution >= 4 is 17.5 Å². The molecular weight excluding hydrogens is 282 g/mol. The number of halogens is 1. The number of hydrogen-bond acceptors (Lipinski definition) is 4. The summed E-state index contributed by atoms with van der Waals surface area (Å²) in [5.74, 6) is 0.933. The number of ether oxygens (including phenoxy) is 3. The van der Waals surface area contributed by atoms with Crippen LogP contribution in [0.15, 0.2) is 18.2 Å². The van der Waals surface area contributed by atoms with E-state index in [2.05, 4.69) is 5.32 Å². The third kappa shape index (κ3) is 3.77. The highest BCUT2D eigenvalue weighted by Gasteiger charge is 2.20. The number of carbonyl (C=O) groups is 1. The maximum absolute atomic E-state index is 12.1. The molecule has 1 atom stereocenters. The van der Waals surface area contributed by atoms with E-state index in [1.54, 1.807) is 25.3 Å². The molecule has 1 unspecified atom stereocenters. The number of carbonyl (C=O) groups excluding carboxylic acids is 1. The van der Waals surface area contributed by atoms with E-state index in [1.165, 1.54) is 0 Å². The van der Waals surface area contributed by atoms with Gasteiger partial charge in [-0.05, 0) is 18.6 Å². The van der Waals surface area contributed by atoms with Gasteiger partial charge in [-0.2, -0.15) is 0 Å². The topological polar surface area (TPSA) is 56.8 Å². The van der Waals surface area contributed by atoms with Gasteiger partial charge in [-0.15, -0.1) is 11.6 Å². The van der Waals surface area contributed by atoms with Crippen LogP contribution in [-0.4, -0.2) is 44.8 Å². The lowest BCUT2D eigenvalue weighted by atomic mass is 10.1. The zero-order valence-electron chi connectivity index (χ0n) is 11.4. The van der Waals surface area contributed by atoms with Gasteiger partial charge in [0, 0.05) is 13.7 Å². The Bertz CT molecular complexity index is 466. The van der Waals surface area contributed by atoms with E-state index >= 15 is 0 Å². The van der Waals surface area contributed by atoms with Gasteiger partial charge in [-0.3, -0.25) is 4.79 Å². The van der Waals surface area contributed by atoms with Crippen molar-refractivity contribution in [3.05, 3.63) is 23.8 Å². The molecule has 0 aliphatic carbocycles. The van der Waals surface area contributed by atoms with Gasteiger partial charge >= 0.3 is 0 Å². The lowest BCUT2D eigenvalue weighted by molar-refractivity contribution is 0.0940. The first kappa shape index (κ1) is 14.9. The van der Waals surface area contributed by atoms with Crippen molar-refractivity contribution in [3.8, 4) is 11.5 Å². The molecule has 1 aliphatic rings. The predicted molar refractivity (Wildman–Crippen MR) is 75.9 cm³/mol. The molecule has 5 nitrogen and oxygen atoms in total. The van der Waals surface area contributed by atoms with Gasteiger partial charge < -0.3 is 19.5 Å². The molecule has 0 bridgehead atoms. The van der Waals surface area contributed by atoms with Crippen LogP contribution in [0.3, 0.4) is 0 Å². The quantitative estimate of drug-likeness (QED) is 0.814. The van der Waals surface area contributed by atoms with Crippen LogP contribution in [0.2, 0.25) is 0 Å². The molecule has 1 heterocycles. The molecule has 1 N–H and O–H groups in total. The number of fused-ring (bicyclic) bond motifs is 1. The largest absolute Gasteiger partial charge is 0.486 e. The minimum atomic E-state index is -0.186. The molecule has 1 aliphatic heterocycles. The van der Waals surface area contributed by atoms with Crippen molar-refractivity contribution in [3.63, 3.8) is 0 Å². The van der Waals surface area contributed by atoms with E-state index in [-0.39, 0.29) is 11.3 Å². The molecule has 0 saturated heterocycles. The Balaban J connectivity index is 1.93. The first-order valence-corrected chi connectivity index (χ1v) is 6.96. The summed E-state index contributed by atoms with van der Waals surface area (Å²) >= 11 is 6.00. The summed E-state index contributed by atoms with van der Waals surface area (Å²) in [7, 11) is 1.60. The first-order chi connectivity index (χ1) is 9.72. The molecular formula is C14H18ClNO4. The number of methoxy groups -OCH3 is 1. The third-order valence-electron chi connectivity index (χ3n) is 2.90. The summed E-state index contributed by atoms with van der Waals surface area (Å²) in [5.41, 5.74) is 0.486. The summed E-state index contributed by atoms with van der Waals surface area (Å²) < 4.78 is 15.9. The average molecular weight is 300 g/mol. The molecule has 0 saturated carbocycles. The van der Waals surface area contributed by atoms with Crippen LogP contribution in [0.5, 0.6) is 11.5 Å². The van der Waals surface area contributed by atoms with Gasteiger partial charge in [0.1, 0.15) is 13.2 Å². The Labute approximate surface area is 123 Å². The number of alkyl halides is 1. The highest BCUT2D eigenvalue weighted by atomic mass is 35.5. The van der Waals surface area contributed by atoms with Crippen molar-refractivity contribution in [2.45, 2.75) is 11.8 Å². The van der Waals surface area contributed by atoms with Gasteiger partial charge in [-0.25, -0.2) is 0 Å². The molecule has 0 spiro atoms. The average Bonchev–Trinajstić information content (AvgIpc) is 2.47. The van der Waals surface area contributed by atoms with Crippen molar-refractivity contribution in [2.75, 3.05) is 33.5 Å². The highest BCUT2D eigenvalue weighted by molar-refractivity contribution is 6.20. The molecule has 2 rings (SSSR count). The minimum Gasteiger partial charge on any atom is -0.486 e. The fourth-order valence-corrected chi connectivity index (χ4v) is 2.19. The summed E-state index contributed by atoms with van der Waals surface area (Å²) in [5, 5.41) is 2.72. The second-order valence-electron chi connectivity index (χ2n) is 4.43. The number of amides is 1. The highest BCUT2D eigenvalue weighted by Crippen LogP contribution is 2.33.